The van der Waals surface area contributed by atoms with E-state index < -0.39 is 11.7 Å². The van der Waals surface area contributed by atoms with Crippen molar-refractivity contribution in [2.45, 2.75) is 33.6 Å². The van der Waals surface area contributed by atoms with Gasteiger partial charge in [-0.25, -0.2) is 9.59 Å². The SMILES string of the molecule is CC(C)=CCc1c(OC(=O)NCCc2c[nH]c3ccc(C)cc23)ccc2ccc(=O)oc12. The molecule has 0 bridgehead atoms. The number of benzene rings is 2. The van der Waals surface area contributed by atoms with Gasteiger partial charge in [0.25, 0.3) is 0 Å². The summed E-state index contributed by atoms with van der Waals surface area (Å²) in [5.74, 6) is 0.379. The highest BCUT2D eigenvalue weighted by molar-refractivity contribution is 5.85. The van der Waals surface area contributed by atoms with E-state index in [2.05, 4.69) is 35.4 Å². The number of ether oxygens (including phenoxy) is 1. The molecule has 0 aliphatic carbocycles. The predicted octanol–water partition coefficient (Wildman–Crippen LogP) is 5.42. The fourth-order valence-corrected chi connectivity index (χ4v) is 3.70. The van der Waals surface area contributed by atoms with Crippen LogP contribution in [0.3, 0.4) is 0 Å². The molecule has 1 amide bonds. The first-order chi connectivity index (χ1) is 15.4. The normalized spacial score (nSPS) is 11.0. The lowest BCUT2D eigenvalue weighted by Crippen LogP contribution is -2.29. The number of amides is 1. The highest BCUT2D eigenvalue weighted by Gasteiger charge is 2.14. The zero-order valence-electron chi connectivity index (χ0n) is 18.5. The molecule has 0 saturated heterocycles. The van der Waals surface area contributed by atoms with Crippen molar-refractivity contribution in [1.29, 1.82) is 0 Å². The minimum atomic E-state index is -0.544. The lowest BCUT2D eigenvalue weighted by Gasteiger charge is -2.12. The van der Waals surface area contributed by atoms with E-state index in [0.29, 0.717) is 36.3 Å². The van der Waals surface area contributed by atoms with Gasteiger partial charge < -0.3 is 19.5 Å². The number of fused-ring (bicyclic) bond motifs is 2. The van der Waals surface area contributed by atoms with Crippen LogP contribution in [0.5, 0.6) is 5.75 Å². The Labute approximate surface area is 185 Å². The molecule has 2 aromatic heterocycles. The van der Waals surface area contributed by atoms with Gasteiger partial charge in [0.05, 0.1) is 0 Å². The van der Waals surface area contributed by atoms with Crippen LogP contribution < -0.4 is 15.7 Å². The number of aromatic amines is 1. The van der Waals surface area contributed by atoms with Crippen LogP contribution in [-0.4, -0.2) is 17.6 Å². The smallest absolute Gasteiger partial charge is 0.412 e. The highest BCUT2D eigenvalue weighted by Crippen LogP contribution is 2.28. The van der Waals surface area contributed by atoms with Gasteiger partial charge >= 0.3 is 11.7 Å². The molecule has 4 rings (SSSR count). The van der Waals surface area contributed by atoms with Crippen LogP contribution in [0.1, 0.15) is 30.5 Å². The molecule has 2 aromatic carbocycles. The third kappa shape index (κ3) is 4.75. The lowest BCUT2D eigenvalue weighted by atomic mass is 10.1. The van der Waals surface area contributed by atoms with Crippen molar-refractivity contribution in [3.05, 3.63) is 87.4 Å². The largest absolute Gasteiger partial charge is 0.422 e. The third-order valence-corrected chi connectivity index (χ3v) is 5.35. The molecular formula is C26H26N2O4. The summed E-state index contributed by atoms with van der Waals surface area (Å²) in [6, 6.07) is 12.9. The summed E-state index contributed by atoms with van der Waals surface area (Å²) in [5.41, 5.74) is 5.20. The van der Waals surface area contributed by atoms with E-state index in [1.165, 1.54) is 11.6 Å². The van der Waals surface area contributed by atoms with Crippen molar-refractivity contribution >= 4 is 28.0 Å². The third-order valence-electron chi connectivity index (χ3n) is 5.35. The Morgan fingerprint density at radius 2 is 1.97 bits per heavy atom. The van der Waals surface area contributed by atoms with Gasteiger partial charge in [-0.2, -0.15) is 0 Å². The Balaban J connectivity index is 1.49. The first-order valence-electron chi connectivity index (χ1n) is 10.6. The number of aromatic nitrogens is 1. The van der Waals surface area contributed by atoms with E-state index in [4.69, 9.17) is 9.15 Å². The second kappa shape index (κ2) is 9.14. The second-order valence-electron chi connectivity index (χ2n) is 8.13. The summed E-state index contributed by atoms with van der Waals surface area (Å²) in [6.07, 6.45) is 4.60. The average molecular weight is 431 g/mol. The number of nitrogens with one attached hydrogen (secondary N) is 2. The number of hydrogen-bond donors (Lipinski definition) is 2. The molecule has 0 radical (unpaired) electrons. The van der Waals surface area contributed by atoms with Crippen LogP contribution in [0.15, 0.2) is 69.5 Å². The van der Waals surface area contributed by atoms with E-state index in [0.717, 1.165) is 27.4 Å². The van der Waals surface area contributed by atoms with E-state index in [-0.39, 0.29) is 0 Å². The molecule has 6 heteroatoms. The molecule has 2 N–H and O–H groups in total. The highest BCUT2D eigenvalue weighted by atomic mass is 16.6. The molecule has 32 heavy (non-hydrogen) atoms. The fourth-order valence-electron chi connectivity index (χ4n) is 3.70. The molecule has 0 aliphatic rings. The fraction of sp³-hybridized carbons (Fsp3) is 0.231. The maximum absolute atomic E-state index is 12.5. The Morgan fingerprint density at radius 3 is 2.78 bits per heavy atom. The van der Waals surface area contributed by atoms with Crippen LogP contribution in [0.4, 0.5) is 4.79 Å². The van der Waals surface area contributed by atoms with Crippen molar-refractivity contribution < 1.29 is 13.9 Å². The quantitative estimate of drug-likeness (QED) is 0.316. The van der Waals surface area contributed by atoms with E-state index in [9.17, 15) is 9.59 Å². The maximum atomic E-state index is 12.5. The van der Waals surface area contributed by atoms with Gasteiger partial charge in [0.1, 0.15) is 11.3 Å². The zero-order chi connectivity index (χ0) is 22.7. The Bertz CT molecular complexity index is 1370. The monoisotopic (exact) mass is 430 g/mol. The van der Waals surface area contributed by atoms with Gasteiger partial charge in [-0.15, -0.1) is 0 Å². The minimum Gasteiger partial charge on any atom is -0.422 e. The van der Waals surface area contributed by atoms with Crippen molar-refractivity contribution in [2.75, 3.05) is 6.54 Å². The second-order valence-corrected chi connectivity index (χ2v) is 8.13. The zero-order valence-corrected chi connectivity index (χ0v) is 18.5. The summed E-state index contributed by atoms with van der Waals surface area (Å²) in [6.45, 7) is 6.47. The number of H-pyrrole nitrogens is 1. The topological polar surface area (TPSA) is 84.3 Å². The minimum absolute atomic E-state index is 0.379. The predicted molar refractivity (Wildman–Crippen MR) is 126 cm³/mol. The summed E-state index contributed by atoms with van der Waals surface area (Å²) in [4.78, 5) is 27.5. The van der Waals surface area contributed by atoms with Gasteiger partial charge in [0.15, 0.2) is 0 Å². The number of rotatable bonds is 6. The summed E-state index contributed by atoms with van der Waals surface area (Å²) in [7, 11) is 0. The molecule has 0 spiro atoms. The molecular weight excluding hydrogens is 404 g/mol. The average Bonchev–Trinajstić information content (AvgIpc) is 3.14. The molecule has 0 unspecified atom stereocenters. The Kier molecular flexibility index (Phi) is 6.12. The van der Waals surface area contributed by atoms with Crippen LogP contribution in [-0.2, 0) is 12.8 Å². The van der Waals surface area contributed by atoms with Crippen LogP contribution >= 0.6 is 0 Å². The summed E-state index contributed by atoms with van der Waals surface area (Å²) in [5, 5.41) is 4.76. The molecule has 6 nitrogen and oxygen atoms in total. The lowest BCUT2D eigenvalue weighted by molar-refractivity contribution is 0.200. The number of carbonyl (C=O) groups excluding carboxylic acids is 1. The van der Waals surface area contributed by atoms with Gasteiger partial charge in [-0.3, -0.25) is 0 Å². The first-order valence-corrected chi connectivity index (χ1v) is 10.6. The van der Waals surface area contributed by atoms with Crippen LogP contribution in [0, 0.1) is 6.92 Å². The van der Waals surface area contributed by atoms with E-state index in [1.54, 1.807) is 18.2 Å². The van der Waals surface area contributed by atoms with Gasteiger partial charge in [0.2, 0.25) is 0 Å². The summed E-state index contributed by atoms with van der Waals surface area (Å²) < 4.78 is 11.0. The van der Waals surface area contributed by atoms with Gasteiger partial charge in [0, 0.05) is 40.7 Å². The summed E-state index contributed by atoms with van der Waals surface area (Å²) >= 11 is 0. The molecule has 0 aliphatic heterocycles. The Morgan fingerprint density at radius 1 is 1.16 bits per heavy atom. The van der Waals surface area contributed by atoms with Gasteiger partial charge in [-0.1, -0.05) is 23.3 Å². The van der Waals surface area contributed by atoms with Crippen molar-refractivity contribution in [1.82, 2.24) is 10.3 Å². The number of allylic oxidation sites excluding steroid dienone is 2. The van der Waals surface area contributed by atoms with Crippen molar-refractivity contribution in [3.8, 4) is 5.75 Å². The number of hydrogen-bond acceptors (Lipinski definition) is 4. The standard InChI is InChI=1S/C26H26N2O4/c1-16(2)4-8-20-23(10-6-18-7-11-24(29)32-25(18)20)31-26(30)27-13-12-19-15-28-22-9-5-17(3)14-21(19)22/h4-7,9-11,14-15,28H,8,12-13H2,1-3H3,(H,27,30). The number of carbonyl (C=O) groups is 1. The molecule has 0 atom stereocenters. The van der Waals surface area contributed by atoms with Crippen molar-refractivity contribution in [3.63, 3.8) is 0 Å². The Hall–Kier alpha value is -3.80. The molecule has 164 valence electrons. The van der Waals surface area contributed by atoms with E-state index >= 15 is 0 Å². The van der Waals surface area contributed by atoms with Crippen LogP contribution in [0.2, 0.25) is 0 Å². The van der Waals surface area contributed by atoms with Gasteiger partial charge in [-0.05, 0) is 69.5 Å². The first kappa shape index (κ1) is 21.4. The molecule has 0 saturated carbocycles. The molecule has 4 aromatic rings. The van der Waals surface area contributed by atoms with Crippen molar-refractivity contribution in [2.24, 2.45) is 0 Å². The molecule has 2 heterocycles. The maximum Gasteiger partial charge on any atom is 0.412 e. The van der Waals surface area contributed by atoms with Crippen LogP contribution in [0.25, 0.3) is 21.9 Å². The number of aryl methyl sites for hydroxylation is 1. The van der Waals surface area contributed by atoms with E-state index in [1.807, 2.05) is 26.1 Å². The molecule has 0 fully saturated rings.